The van der Waals surface area contributed by atoms with Gasteiger partial charge < -0.3 is 5.11 Å². The Kier molecular flexibility index (Phi) is 5.97. The third kappa shape index (κ3) is 4.08. The SMILES string of the molecule is CN1CC(c2ccccc2)C(c2ccc(Cl)cc2)N1S(=O)(=O)N1CCC(O)CC1. The van der Waals surface area contributed by atoms with Crippen molar-refractivity contribution in [3.8, 4) is 0 Å². The molecule has 2 aliphatic rings. The Balaban J connectivity index is 1.75. The Labute approximate surface area is 177 Å². The molecule has 0 aliphatic carbocycles. The van der Waals surface area contributed by atoms with Crippen LogP contribution in [0.3, 0.4) is 0 Å². The van der Waals surface area contributed by atoms with Crippen molar-refractivity contribution in [2.24, 2.45) is 0 Å². The second-order valence-electron chi connectivity index (χ2n) is 7.76. The van der Waals surface area contributed by atoms with Gasteiger partial charge in [-0.05, 0) is 36.1 Å². The van der Waals surface area contributed by atoms with Gasteiger partial charge in [0.1, 0.15) is 0 Å². The number of hydrogen-bond acceptors (Lipinski definition) is 4. The van der Waals surface area contributed by atoms with Crippen molar-refractivity contribution in [2.75, 3.05) is 26.7 Å². The maximum atomic E-state index is 13.6. The second-order valence-corrected chi connectivity index (χ2v) is 9.99. The van der Waals surface area contributed by atoms with E-state index in [0.29, 0.717) is 37.5 Å². The second kappa shape index (κ2) is 8.34. The topological polar surface area (TPSA) is 64.1 Å². The zero-order chi connectivity index (χ0) is 20.6. The van der Waals surface area contributed by atoms with Crippen molar-refractivity contribution >= 4 is 21.8 Å². The van der Waals surface area contributed by atoms with Gasteiger partial charge in [0.15, 0.2) is 0 Å². The van der Waals surface area contributed by atoms with Crippen LogP contribution in [-0.4, -0.2) is 60.0 Å². The minimum atomic E-state index is -3.73. The first kappa shape index (κ1) is 20.8. The van der Waals surface area contributed by atoms with Crippen LogP contribution >= 0.6 is 11.6 Å². The summed E-state index contributed by atoms with van der Waals surface area (Å²) in [5.41, 5.74) is 2.01. The number of halogens is 1. The molecule has 156 valence electrons. The molecule has 0 aromatic heterocycles. The Morgan fingerprint density at radius 1 is 0.966 bits per heavy atom. The van der Waals surface area contributed by atoms with Crippen molar-refractivity contribution in [1.29, 1.82) is 0 Å². The van der Waals surface area contributed by atoms with Gasteiger partial charge in [0, 0.05) is 37.6 Å². The third-order valence-electron chi connectivity index (χ3n) is 5.84. The lowest BCUT2D eigenvalue weighted by atomic mass is 9.89. The molecule has 0 bridgehead atoms. The van der Waals surface area contributed by atoms with Gasteiger partial charge in [0.25, 0.3) is 10.2 Å². The summed E-state index contributed by atoms with van der Waals surface area (Å²) in [5.74, 6) is -0.00692. The van der Waals surface area contributed by atoms with E-state index in [1.807, 2.05) is 37.4 Å². The maximum absolute atomic E-state index is 13.6. The summed E-state index contributed by atoms with van der Waals surface area (Å²) in [6.07, 6.45) is 0.497. The van der Waals surface area contributed by atoms with E-state index < -0.39 is 16.3 Å². The number of aliphatic hydroxyl groups is 1. The van der Waals surface area contributed by atoms with Crippen LogP contribution < -0.4 is 0 Å². The van der Waals surface area contributed by atoms with Crippen LogP contribution in [0.1, 0.15) is 35.9 Å². The molecule has 6 nitrogen and oxygen atoms in total. The van der Waals surface area contributed by atoms with Crippen LogP contribution in [-0.2, 0) is 10.2 Å². The molecule has 8 heteroatoms. The van der Waals surface area contributed by atoms with Gasteiger partial charge in [-0.15, -0.1) is 4.41 Å². The lowest BCUT2D eigenvalue weighted by Crippen LogP contribution is -2.51. The molecule has 0 amide bonds. The maximum Gasteiger partial charge on any atom is 0.295 e. The first-order valence-electron chi connectivity index (χ1n) is 9.87. The van der Waals surface area contributed by atoms with Crippen LogP contribution in [0, 0.1) is 0 Å². The van der Waals surface area contributed by atoms with Gasteiger partial charge in [-0.1, -0.05) is 54.1 Å². The predicted molar refractivity (Wildman–Crippen MR) is 114 cm³/mol. The van der Waals surface area contributed by atoms with Crippen molar-refractivity contribution in [2.45, 2.75) is 30.9 Å². The molecule has 4 rings (SSSR count). The molecule has 29 heavy (non-hydrogen) atoms. The zero-order valence-corrected chi connectivity index (χ0v) is 17.9. The molecule has 0 radical (unpaired) electrons. The molecule has 2 aliphatic heterocycles. The van der Waals surface area contributed by atoms with Crippen molar-refractivity contribution in [1.82, 2.24) is 13.7 Å². The highest BCUT2D eigenvalue weighted by atomic mass is 35.5. The number of rotatable bonds is 4. The standard InChI is InChI=1S/C21H26ClN3O3S/c1-23-15-20(16-5-3-2-4-6-16)21(17-7-9-18(22)10-8-17)25(23)29(27,28)24-13-11-19(26)12-14-24/h2-10,19-21,26H,11-15H2,1H3. The van der Waals surface area contributed by atoms with Gasteiger partial charge in [0.2, 0.25) is 0 Å². The van der Waals surface area contributed by atoms with Crippen LogP contribution in [0.25, 0.3) is 0 Å². The molecule has 2 aromatic carbocycles. The van der Waals surface area contributed by atoms with Crippen LogP contribution in [0.15, 0.2) is 54.6 Å². The average molecular weight is 436 g/mol. The minimum Gasteiger partial charge on any atom is -0.393 e. The highest BCUT2D eigenvalue weighted by Crippen LogP contribution is 2.45. The van der Waals surface area contributed by atoms with Crippen molar-refractivity contribution in [3.63, 3.8) is 0 Å². The molecule has 2 aromatic rings. The molecule has 0 spiro atoms. The lowest BCUT2D eigenvalue weighted by molar-refractivity contribution is 0.0877. The molecule has 1 N–H and O–H groups in total. The number of benzene rings is 2. The number of hydrazine groups is 1. The normalized spacial score (nSPS) is 25.5. The van der Waals surface area contributed by atoms with Crippen LogP contribution in [0.4, 0.5) is 0 Å². The molecule has 2 atom stereocenters. The first-order chi connectivity index (χ1) is 13.9. The monoisotopic (exact) mass is 435 g/mol. The Bertz CT molecular complexity index is 931. The number of aliphatic hydroxyl groups excluding tert-OH is 1. The highest BCUT2D eigenvalue weighted by Gasteiger charge is 2.48. The molecule has 2 saturated heterocycles. The summed E-state index contributed by atoms with van der Waals surface area (Å²) in [6.45, 7) is 1.25. The molecule has 2 unspecified atom stereocenters. The number of likely N-dealkylation sites (N-methyl/N-ethyl adjacent to an activating group) is 1. The van der Waals surface area contributed by atoms with E-state index in [2.05, 4.69) is 12.1 Å². The molecular weight excluding hydrogens is 410 g/mol. The van der Waals surface area contributed by atoms with E-state index in [1.165, 1.54) is 8.72 Å². The van der Waals surface area contributed by atoms with E-state index in [-0.39, 0.29) is 12.0 Å². The van der Waals surface area contributed by atoms with Crippen LogP contribution in [0.5, 0.6) is 0 Å². The lowest BCUT2D eigenvalue weighted by Gasteiger charge is -2.37. The number of nitrogens with zero attached hydrogens (tertiary/aromatic N) is 3. The fourth-order valence-electron chi connectivity index (χ4n) is 4.35. The Morgan fingerprint density at radius 3 is 2.21 bits per heavy atom. The smallest absolute Gasteiger partial charge is 0.295 e. The van der Waals surface area contributed by atoms with Gasteiger partial charge in [-0.25, -0.2) is 5.01 Å². The van der Waals surface area contributed by atoms with Crippen molar-refractivity contribution < 1.29 is 13.5 Å². The molecular formula is C21H26ClN3O3S. The zero-order valence-electron chi connectivity index (χ0n) is 16.4. The van der Waals surface area contributed by atoms with E-state index in [0.717, 1.165) is 11.1 Å². The van der Waals surface area contributed by atoms with E-state index in [4.69, 9.17) is 11.6 Å². The minimum absolute atomic E-state index is 0.00692. The summed E-state index contributed by atoms with van der Waals surface area (Å²) in [6, 6.07) is 17.1. The van der Waals surface area contributed by atoms with E-state index in [1.54, 1.807) is 17.1 Å². The van der Waals surface area contributed by atoms with Gasteiger partial charge in [-0.2, -0.15) is 12.7 Å². The van der Waals surface area contributed by atoms with Gasteiger partial charge in [0.05, 0.1) is 12.1 Å². The summed E-state index contributed by atoms with van der Waals surface area (Å²) in [5, 5.41) is 12.2. The van der Waals surface area contributed by atoms with Gasteiger partial charge in [-0.3, -0.25) is 0 Å². The summed E-state index contributed by atoms with van der Waals surface area (Å²) >= 11 is 6.09. The van der Waals surface area contributed by atoms with Gasteiger partial charge >= 0.3 is 0 Å². The number of hydrogen-bond donors (Lipinski definition) is 1. The number of piperidine rings is 1. The third-order valence-corrected chi connectivity index (χ3v) is 8.09. The Hall–Kier alpha value is -1.48. The molecule has 0 saturated carbocycles. The van der Waals surface area contributed by atoms with Crippen molar-refractivity contribution in [3.05, 3.63) is 70.7 Å². The van der Waals surface area contributed by atoms with Crippen LogP contribution in [0.2, 0.25) is 5.02 Å². The molecule has 2 heterocycles. The Morgan fingerprint density at radius 2 is 1.59 bits per heavy atom. The summed E-state index contributed by atoms with van der Waals surface area (Å²) in [4.78, 5) is 0. The predicted octanol–water partition coefficient (Wildman–Crippen LogP) is 3.03. The summed E-state index contributed by atoms with van der Waals surface area (Å²) in [7, 11) is -1.91. The fraction of sp³-hybridized carbons (Fsp3) is 0.429. The van der Waals surface area contributed by atoms with E-state index in [9.17, 15) is 13.5 Å². The fourth-order valence-corrected chi connectivity index (χ4v) is 6.36. The highest BCUT2D eigenvalue weighted by molar-refractivity contribution is 7.86. The quantitative estimate of drug-likeness (QED) is 0.801. The first-order valence-corrected chi connectivity index (χ1v) is 11.6. The average Bonchev–Trinajstić information content (AvgIpc) is 3.07. The summed E-state index contributed by atoms with van der Waals surface area (Å²) < 4.78 is 30.3. The largest absolute Gasteiger partial charge is 0.393 e. The van der Waals surface area contributed by atoms with E-state index >= 15 is 0 Å². The molecule has 2 fully saturated rings.